The van der Waals surface area contributed by atoms with Crippen molar-refractivity contribution in [3.05, 3.63) is 101 Å². The number of sulfonamides is 1. The van der Waals surface area contributed by atoms with Gasteiger partial charge in [-0.2, -0.15) is 13.2 Å². The molecule has 6 rings (SSSR count). The van der Waals surface area contributed by atoms with Gasteiger partial charge in [-0.25, -0.2) is 30.3 Å². The Hall–Kier alpha value is -3.29. The molecule has 2 aliphatic heterocycles. The van der Waals surface area contributed by atoms with E-state index in [1.807, 2.05) is 30.3 Å². The monoisotopic (exact) mass is 669 g/mol. The Balaban J connectivity index is 0.00000400. The number of benzene rings is 3. The predicted molar refractivity (Wildman–Crippen MR) is 159 cm³/mol. The molecule has 242 valence electrons. The summed E-state index contributed by atoms with van der Waals surface area (Å²) in [6, 6.07) is 13.1. The van der Waals surface area contributed by atoms with E-state index in [0.717, 1.165) is 29.8 Å². The molecule has 45 heavy (non-hydrogen) atoms. The molecular weight excluding hydrogens is 637 g/mol. The zero-order valence-electron chi connectivity index (χ0n) is 23.1. The fraction of sp³-hybridized carbons (Fsp3) is 0.375. The number of allylic oxidation sites excluding steroid dienone is 1. The lowest BCUT2D eigenvalue weighted by Gasteiger charge is -2.54. The molecule has 1 aliphatic carbocycles. The minimum atomic E-state index is -4.72. The lowest BCUT2D eigenvalue weighted by molar-refractivity contribution is -0.137. The first-order valence-corrected chi connectivity index (χ1v) is 17.0. The third kappa shape index (κ3) is 5.56. The Labute approximate surface area is 259 Å². The van der Waals surface area contributed by atoms with Crippen molar-refractivity contribution >= 4 is 25.9 Å². The second kappa shape index (κ2) is 11.8. The van der Waals surface area contributed by atoms with Crippen molar-refractivity contribution in [1.82, 2.24) is 4.72 Å². The van der Waals surface area contributed by atoms with E-state index in [9.17, 15) is 30.0 Å². The summed E-state index contributed by atoms with van der Waals surface area (Å²) >= 11 is 0. The van der Waals surface area contributed by atoms with Crippen LogP contribution in [0.3, 0.4) is 0 Å². The molecule has 2 heterocycles. The van der Waals surface area contributed by atoms with Gasteiger partial charge in [-0.15, -0.1) is 0 Å². The summed E-state index contributed by atoms with van der Waals surface area (Å²) in [5.74, 6) is -4.27. The van der Waals surface area contributed by atoms with Crippen LogP contribution in [-0.2, 0) is 30.8 Å². The van der Waals surface area contributed by atoms with Gasteiger partial charge in [-0.3, -0.25) is 0 Å². The minimum Gasteiger partial charge on any atom is -0.490 e. The fourth-order valence-corrected chi connectivity index (χ4v) is 11.2. The van der Waals surface area contributed by atoms with Crippen LogP contribution < -0.4 is 9.46 Å². The van der Waals surface area contributed by atoms with Crippen LogP contribution >= 0.6 is 0 Å². The Morgan fingerprint density at radius 1 is 0.978 bits per heavy atom. The van der Waals surface area contributed by atoms with Crippen molar-refractivity contribution in [2.75, 3.05) is 6.61 Å². The largest absolute Gasteiger partial charge is 0.490 e. The summed E-state index contributed by atoms with van der Waals surface area (Å²) in [4.78, 5) is -0.482. The molecule has 0 spiro atoms. The van der Waals surface area contributed by atoms with Crippen molar-refractivity contribution in [1.29, 1.82) is 0 Å². The van der Waals surface area contributed by atoms with Gasteiger partial charge in [0.25, 0.3) is 0 Å². The maximum atomic E-state index is 15.7. The number of sulfone groups is 1. The third-order valence-corrected chi connectivity index (χ3v) is 13.6. The second-order valence-corrected chi connectivity index (χ2v) is 15.6. The average molecular weight is 670 g/mol. The topological polar surface area (TPSA) is 89.5 Å². The van der Waals surface area contributed by atoms with Crippen LogP contribution in [0.1, 0.15) is 49.8 Å². The van der Waals surface area contributed by atoms with Gasteiger partial charge in [0.05, 0.1) is 27.9 Å². The highest BCUT2D eigenvalue weighted by Crippen LogP contribution is 2.59. The normalized spacial score (nSPS) is 27.4. The molecule has 1 saturated carbocycles. The summed E-state index contributed by atoms with van der Waals surface area (Å²) < 4.78 is 132. The van der Waals surface area contributed by atoms with Gasteiger partial charge in [0.1, 0.15) is 10.6 Å². The SMILES string of the molecule is C.O=S1(=O)N[C@@H]2CC[C@@]3(S(=O)(=O)c4ccc(C(F)(F)F)cc4)c4c(F)ccc(F)c4OC[C@H]3[C@@H]2C[C@H]1C/C=C/c1ccccc1. The van der Waals surface area contributed by atoms with E-state index < -0.39 is 87.3 Å². The number of hydrogen-bond acceptors (Lipinski definition) is 5. The van der Waals surface area contributed by atoms with E-state index in [1.165, 1.54) is 0 Å². The maximum absolute atomic E-state index is 15.7. The molecule has 13 heteroatoms. The zero-order valence-corrected chi connectivity index (χ0v) is 24.7. The summed E-state index contributed by atoms with van der Waals surface area (Å²) in [5, 5.41) is -0.952. The first kappa shape index (κ1) is 33.1. The van der Waals surface area contributed by atoms with E-state index in [1.54, 1.807) is 12.2 Å². The van der Waals surface area contributed by atoms with Crippen LogP contribution in [0.4, 0.5) is 22.0 Å². The van der Waals surface area contributed by atoms with Crippen LogP contribution in [-0.4, -0.2) is 34.7 Å². The molecule has 3 aromatic carbocycles. The van der Waals surface area contributed by atoms with Crippen LogP contribution in [0.5, 0.6) is 5.75 Å². The van der Waals surface area contributed by atoms with Crippen LogP contribution in [0.25, 0.3) is 6.08 Å². The molecule has 5 atom stereocenters. The van der Waals surface area contributed by atoms with E-state index in [4.69, 9.17) is 4.74 Å². The molecule has 6 nitrogen and oxygen atoms in total. The molecule has 3 aliphatic rings. The van der Waals surface area contributed by atoms with Gasteiger partial charge in [0.15, 0.2) is 21.4 Å². The number of fused-ring (bicyclic) bond motifs is 5. The van der Waals surface area contributed by atoms with Crippen molar-refractivity contribution in [3.63, 3.8) is 0 Å². The third-order valence-electron chi connectivity index (χ3n) is 9.12. The molecule has 3 aromatic rings. The number of halogens is 5. The Bertz CT molecular complexity index is 1810. The highest BCUT2D eigenvalue weighted by atomic mass is 32.2. The van der Waals surface area contributed by atoms with Gasteiger partial charge < -0.3 is 4.74 Å². The first-order chi connectivity index (χ1) is 20.8. The molecule has 0 radical (unpaired) electrons. The first-order valence-electron chi connectivity index (χ1n) is 14.0. The van der Waals surface area contributed by atoms with Crippen LogP contribution in [0.2, 0.25) is 0 Å². The molecule has 0 aromatic heterocycles. The molecule has 0 unspecified atom stereocenters. The van der Waals surface area contributed by atoms with E-state index in [2.05, 4.69) is 4.72 Å². The quantitative estimate of drug-likeness (QED) is 0.300. The van der Waals surface area contributed by atoms with Crippen LogP contribution in [0.15, 0.2) is 77.7 Å². The van der Waals surface area contributed by atoms with Crippen molar-refractivity contribution < 1.29 is 43.5 Å². The molecule has 2 fully saturated rings. The van der Waals surface area contributed by atoms with E-state index >= 15 is 8.78 Å². The molecular formula is C32H32F5NO5S2. The summed E-state index contributed by atoms with van der Waals surface area (Å²) in [6.45, 7) is -0.358. The van der Waals surface area contributed by atoms with Gasteiger partial charge >= 0.3 is 6.18 Å². The van der Waals surface area contributed by atoms with Crippen molar-refractivity contribution in [3.8, 4) is 5.75 Å². The van der Waals surface area contributed by atoms with Crippen molar-refractivity contribution in [2.24, 2.45) is 11.8 Å². The Morgan fingerprint density at radius 3 is 2.31 bits per heavy atom. The summed E-state index contributed by atoms with van der Waals surface area (Å²) in [5.41, 5.74) is -0.714. The lowest BCUT2D eigenvalue weighted by atomic mass is 9.64. The molecule has 0 bridgehead atoms. The molecule has 0 amide bonds. The smallest absolute Gasteiger partial charge is 0.416 e. The zero-order chi connectivity index (χ0) is 31.5. The number of hydrogen-bond donors (Lipinski definition) is 1. The van der Waals surface area contributed by atoms with Gasteiger partial charge in [0, 0.05) is 12.0 Å². The number of nitrogens with one attached hydrogen (secondary N) is 1. The molecule has 1 N–H and O–H groups in total. The Morgan fingerprint density at radius 2 is 1.64 bits per heavy atom. The lowest BCUT2D eigenvalue weighted by Crippen LogP contribution is -2.63. The fourth-order valence-electron chi connectivity index (χ4n) is 7.06. The minimum absolute atomic E-state index is 0. The highest BCUT2D eigenvalue weighted by Gasteiger charge is 2.64. The number of alkyl halides is 3. The maximum Gasteiger partial charge on any atom is 0.416 e. The van der Waals surface area contributed by atoms with Gasteiger partial charge in [-0.05, 0) is 73.6 Å². The number of rotatable bonds is 5. The van der Waals surface area contributed by atoms with Crippen molar-refractivity contribution in [2.45, 2.75) is 60.2 Å². The van der Waals surface area contributed by atoms with E-state index in [0.29, 0.717) is 12.1 Å². The second-order valence-electron chi connectivity index (χ2n) is 11.4. The number of ether oxygens (including phenoxy) is 1. The molecule has 1 saturated heterocycles. The average Bonchev–Trinajstić information content (AvgIpc) is 2.98. The summed E-state index contributed by atoms with van der Waals surface area (Å²) in [6.07, 6.45) is -1.42. The predicted octanol–water partition coefficient (Wildman–Crippen LogP) is 6.87. The summed E-state index contributed by atoms with van der Waals surface area (Å²) in [7, 11) is -8.51. The Kier molecular flexibility index (Phi) is 8.69. The van der Waals surface area contributed by atoms with Crippen LogP contribution in [0, 0.1) is 23.5 Å². The standard InChI is InChI=1S/C31H28F5NO5S2.CH4/c32-25-13-14-26(33)29-28(25)30(43(38,39)21-11-9-20(10-12-21)31(34,35)36)16-15-27-23(24(30)18-42-29)17-22(44(40,41)37-27)8-4-7-19-5-2-1-3-6-19;/h1-7,9-14,22-24,27,37H,8,15-18H2;1H4/b7-4+;/t22-,23+,24+,27-,30+;/m1./s1. The highest BCUT2D eigenvalue weighted by molar-refractivity contribution is 7.92. The van der Waals surface area contributed by atoms with E-state index in [-0.39, 0.29) is 39.7 Å². The van der Waals surface area contributed by atoms with Gasteiger partial charge in [0.2, 0.25) is 10.0 Å². The van der Waals surface area contributed by atoms with Gasteiger partial charge in [-0.1, -0.05) is 49.9 Å².